The Morgan fingerprint density at radius 3 is 2.02 bits per heavy atom. The fraction of sp³-hybridized carbons (Fsp3) is 0.341. The zero-order valence-corrected chi connectivity index (χ0v) is 32.2. The molecule has 1 aliphatic rings. The predicted molar refractivity (Wildman–Crippen MR) is 205 cm³/mol. The number of sulfonamides is 1. The molecule has 1 atom stereocenters. The monoisotopic (exact) mass is 711 g/mol. The quantitative estimate of drug-likeness (QED) is 0.125. The number of ether oxygens (including phenoxy) is 2. The van der Waals surface area contributed by atoms with Crippen molar-refractivity contribution in [2.75, 3.05) is 26.8 Å². The summed E-state index contributed by atoms with van der Waals surface area (Å²) < 4.78 is 44.4. The predicted octanol–water partition coefficient (Wildman–Crippen LogP) is 6.38. The minimum Gasteiger partial charge on any atom is -0.491 e. The van der Waals surface area contributed by atoms with Crippen LogP contribution in [0.15, 0.2) is 109 Å². The van der Waals surface area contributed by atoms with E-state index in [4.69, 9.17) is 13.9 Å². The Morgan fingerprint density at radius 1 is 0.840 bits per heavy atom. The number of methoxy groups -OCH3 is 1. The molecule has 0 amide bonds. The van der Waals surface area contributed by atoms with Crippen molar-refractivity contribution in [1.29, 1.82) is 0 Å². The van der Waals surface area contributed by atoms with Gasteiger partial charge in [0, 0.05) is 13.1 Å². The molecule has 0 N–H and O–H groups in total. The molecular weight excluding hydrogens is 663 g/mol. The van der Waals surface area contributed by atoms with Gasteiger partial charge in [0.05, 0.1) is 13.2 Å². The average Bonchev–Trinajstić information content (AvgIpc) is 3.11. The van der Waals surface area contributed by atoms with E-state index >= 15 is 0 Å². The van der Waals surface area contributed by atoms with E-state index in [1.165, 1.54) is 35.6 Å². The lowest BCUT2D eigenvalue weighted by Crippen LogP contribution is -2.51. The van der Waals surface area contributed by atoms with E-state index in [0.717, 1.165) is 33.6 Å². The highest BCUT2D eigenvalue weighted by Crippen LogP contribution is 2.33. The van der Waals surface area contributed by atoms with Gasteiger partial charge in [0.25, 0.3) is 0 Å². The topological polar surface area (TPSA) is 82.1 Å². The molecule has 0 spiro atoms. The van der Waals surface area contributed by atoms with Crippen LogP contribution < -0.4 is 15.1 Å². The number of esters is 1. The summed E-state index contributed by atoms with van der Waals surface area (Å²) >= 11 is 0. The van der Waals surface area contributed by atoms with E-state index < -0.39 is 29.8 Å². The normalized spacial score (nSPS) is 15.0. The first-order chi connectivity index (χ1) is 23.7. The first-order valence-corrected chi connectivity index (χ1v) is 20.2. The third-order valence-electron chi connectivity index (χ3n) is 9.45. The lowest BCUT2D eigenvalue weighted by molar-refractivity contribution is -0.142. The van der Waals surface area contributed by atoms with Gasteiger partial charge < -0.3 is 13.9 Å². The van der Waals surface area contributed by atoms with E-state index in [0.29, 0.717) is 19.6 Å². The maximum absolute atomic E-state index is 13.2. The molecule has 0 bridgehead atoms. The Kier molecular flexibility index (Phi) is 11.5. The summed E-state index contributed by atoms with van der Waals surface area (Å²) in [6.07, 6.45) is 2.35. The van der Waals surface area contributed by atoms with Crippen LogP contribution in [-0.2, 0) is 24.0 Å². The lowest BCUT2D eigenvalue weighted by Gasteiger charge is -2.34. The van der Waals surface area contributed by atoms with Crippen molar-refractivity contribution >= 4 is 41.0 Å². The number of hydrogen-bond donors (Lipinski definition) is 0. The Bertz CT molecular complexity index is 1880. The zero-order chi connectivity index (χ0) is 36.1. The van der Waals surface area contributed by atoms with E-state index in [-0.39, 0.29) is 18.1 Å². The average molecular weight is 712 g/mol. The van der Waals surface area contributed by atoms with Crippen molar-refractivity contribution in [3.05, 3.63) is 120 Å². The van der Waals surface area contributed by atoms with Crippen molar-refractivity contribution in [2.45, 2.75) is 58.8 Å². The third kappa shape index (κ3) is 8.29. The van der Waals surface area contributed by atoms with Gasteiger partial charge in [-0.05, 0) is 82.9 Å². The molecule has 5 rings (SSSR count). The van der Waals surface area contributed by atoms with Gasteiger partial charge in [0.2, 0.25) is 19.1 Å². The second-order valence-electron chi connectivity index (χ2n) is 14.4. The number of benzene rings is 4. The molecule has 0 fully saturated rings. The molecule has 50 heavy (non-hydrogen) atoms. The van der Waals surface area contributed by atoms with E-state index in [1.807, 2.05) is 30.3 Å². The molecule has 1 unspecified atom stereocenters. The van der Waals surface area contributed by atoms with Crippen molar-refractivity contribution < 1.29 is 27.1 Å². The third-order valence-corrected chi connectivity index (χ3v) is 14.5. The maximum atomic E-state index is 13.2. The highest BCUT2D eigenvalue weighted by atomic mass is 32.2. The van der Waals surface area contributed by atoms with Crippen LogP contribution in [0.2, 0.25) is 0 Å². The van der Waals surface area contributed by atoms with Gasteiger partial charge in [0.1, 0.15) is 12.4 Å². The number of nitrogens with zero attached hydrogens (tertiary/aromatic N) is 1. The fourth-order valence-corrected chi connectivity index (χ4v) is 10.4. The molecule has 0 aromatic heterocycles. The molecule has 264 valence electrons. The van der Waals surface area contributed by atoms with Gasteiger partial charge in [-0.1, -0.05) is 118 Å². The molecule has 0 radical (unpaired) electrons. The van der Waals surface area contributed by atoms with Crippen LogP contribution in [0.1, 0.15) is 52.2 Å². The molecular formula is C41H49NO6SSi. The van der Waals surface area contributed by atoms with E-state index in [2.05, 4.69) is 107 Å². The zero-order valence-electron chi connectivity index (χ0n) is 30.2. The van der Waals surface area contributed by atoms with Gasteiger partial charge in [-0.2, -0.15) is 4.31 Å². The first kappa shape index (κ1) is 37.2. The van der Waals surface area contributed by atoms with Gasteiger partial charge in [-0.3, -0.25) is 4.79 Å². The summed E-state index contributed by atoms with van der Waals surface area (Å²) in [4.78, 5) is 12.2. The summed E-state index contributed by atoms with van der Waals surface area (Å²) in [7, 11) is -4.66. The number of carbonyl (C=O) groups excluding carboxylic acids is 1. The Balaban J connectivity index is 1.30. The SMILES string of the molecule is COC(=O)C(C)(C)S(=O)(=O)N1CC=C(c2ccc(-c3cccc(OCC(O[SiH](c4ccccc4)c4ccccc4)C(C)(C)C)c3)c(C)c2)CC1. The van der Waals surface area contributed by atoms with Gasteiger partial charge in [-0.15, -0.1) is 0 Å². The Labute approximate surface area is 299 Å². The summed E-state index contributed by atoms with van der Waals surface area (Å²) in [5.74, 6) is 0.0179. The van der Waals surface area contributed by atoms with Gasteiger partial charge >= 0.3 is 5.97 Å². The second-order valence-corrected chi connectivity index (χ2v) is 19.3. The maximum Gasteiger partial charge on any atom is 0.328 e. The Morgan fingerprint density at radius 2 is 1.48 bits per heavy atom. The minimum absolute atomic E-state index is 0.134. The molecule has 0 saturated heterocycles. The minimum atomic E-state index is -3.89. The molecule has 0 aliphatic carbocycles. The molecule has 4 aromatic rings. The fourth-order valence-electron chi connectivity index (χ4n) is 6.18. The van der Waals surface area contributed by atoms with Crippen LogP contribution >= 0.6 is 0 Å². The molecule has 9 heteroatoms. The van der Waals surface area contributed by atoms with Crippen LogP contribution in [0.25, 0.3) is 16.7 Å². The summed E-state index contributed by atoms with van der Waals surface area (Å²) in [5, 5.41) is 2.48. The van der Waals surface area contributed by atoms with Crippen LogP contribution in [0.4, 0.5) is 0 Å². The summed E-state index contributed by atoms with van der Waals surface area (Å²) in [6, 6.07) is 35.6. The Hall–Kier alpha value is -4.02. The number of hydrogen-bond acceptors (Lipinski definition) is 6. The van der Waals surface area contributed by atoms with Gasteiger partial charge in [0.15, 0.2) is 4.75 Å². The van der Waals surface area contributed by atoms with Crippen molar-refractivity contribution in [2.24, 2.45) is 5.41 Å². The molecule has 7 nitrogen and oxygen atoms in total. The van der Waals surface area contributed by atoms with Crippen LogP contribution in [0.3, 0.4) is 0 Å². The highest BCUT2D eigenvalue weighted by Gasteiger charge is 2.46. The van der Waals surface area contributed by atoms with Crippen molar-refractivity contribution in [3.63, 3.8) is 0 Å². The molecule has 0 saturated carbocycles. The van der Waals surface area contributed by atoms with E-state index in [9.17, 15) is 13.2 Å². The first-order valence-electron chi connectivity index (χ1n) is 17.1. The second kappa shape index (κ2) is 15.5. The molecule has 1 aliphatic heterocycles. The number of rotatable bonds is 12. The van der Waals surface area contributed by atoms with Gasteiger partial charge in [-0.25, -0.2) is 8.42 Å². The van der Waals surface area contributed by atoms with Crippen molar-refractivity contribution in [3.8, 4) is 16.9 Å². The standard InChI is InChI=1S/C41H49NO6SSi/c1-30-27-32(31-23-25-42(26-24-31)49(44,45)41(5,6)39(43)46-7)21-22-37(30)33-15-14-16-34(28-33)47-29-38(40(2,3)4)48-50(35-17-10-8-11-18-35)36-19-12-9-13-20-36/h8-23,27-28,38,50H,24-26,29H2,1-7H3. The molecule has 1 heterocycles. The van der Waals surface area contributed by atoms with Crippen LogP contribution in [0.5, 0.6) is 5.75 Å². The smallest absolute Gasteiger partial charge is 0.328 e. The largest absolute Gasteiger partial charge is 0.491 e. The highest BCUT2D eigenvalue weighted by molar-refractivity contribution is 7.91. The van der Waals surface area contributed by atoms with Crippen LogP contribution in [-0.4, -0.2) is 65.4 Å². The summed E-state index contributed by atoms with van der Waals surface area (Å²) in [6.45, 7) is 12.4. The van der Waals surface area contributed by atoms with E-state index in [1.54, 1.807) is 0 Å². The summed E-state index contributed by atoms with van der Waals surface area (Å²) in [5.41, 5.74) is 5.26. The molecule has 4 aromatic carbocycles. The lowest BCUT2D eigenvalue weighted by atomic mass is 9.90. The van der Waals surface area contributed by atoms with Crippen LogP contribution in [0, 0.1) is 12.3 Å². The van der Waals surface area contributed by atoms with Crippen molar-refractivity contribution in [1.82, 2.24) is 4.31 Å². The number of carbonyl (C=O) groups is 1. The number of aryl methyl sites for hydroxylation is 1.